The Labute approximate surface area is 178 Å². The minimum absolute atomic E-state index is 0.137. The van der Waals surface area contributed by atoms with E-state index >= 15 is 0 Å². The van der Waals surface area contributed by atoms with Crippen molar-refractivity contribution in [3.8, 4) is 23.0 Å². The maximum atomic E-state index is 12.3. The van der Waals surface area contributed by atoms with Gasteiger partial charge in [-0.2, -0.15) is 5.10 Å². The standard InChI is InChI=1S/C23H18N2O6/c1-28-18-8-5-16(6-9-18)23(27)31-19-4-2-3-15(11-19)13-24-25-22(26)17-7-10-20-21(12-17)30-14-29-20/h2-13H,14H2,1H3,(H,25,26). The first-order valence-corrected chi connectivity index (χ1v) is 9.32. The number of carbonyl (C=O) groups is 2. The van der Waals surface area contributed by atoms with Crippen molar-refractivity contribution in [1.82, 2.24) is 5.43 Å². The normalized spacial score (nSPS) is 11.9. The zero-order valence-corrected chi connectivity index (χ0v) is 16.5. The molecule has 0 radical (unpaired) electrons. The van der Waals surface area contributed by atoms with Gasteiger partial charge in [0.2, 0.25) is 6.79 Å². The van der Waals surface area contributed by atoms with E-state index in [0.717, 1.165) is 0 Å². The van der Waals surface area contributed by atoms with E-state index in [1.807, 2.05) is 0 Å². The van der Waals surface area contributed by atoms with E-state index in [0.29, 0.717) is 39.7 Å². The molecule has 0 fully saturated rings. The summed E-state index contributed by atoms with van der Waals surface area (Å²) in [6, 6.07) is 18.3. The molecule has 4 rings (SSSR count). The van der Waals surface area contributed by atoms with Crippen LogP contribution in [0.3, 0.4) is 0 Å². The van der Waals surface area contributed by atoms with E-state index < -0.39 is 11.9 Å². The Morgan fingerprint density at radius 1 is 0.935 bits per heavy atom. The number of rotatable bonds is 6. The van der Waals surface area contributed by atoms with Crippen molar-refractivity contribution in [1.29, 1.82) is 0 Å². The van der Waals surface area contributed by atoms with E-state index in [2.05, 4.69) is 10.5 Å². The number of nitrogens with one attached hydrogen (secondary N) is 1. The minimum Gasteiger partial charge on any atom is -0.497 e. The van der Waals surface area contributed by atoms with E-state index in [1.165, 1.54) is 6.21 Å². The van der Waals surface area contributed by atoms with Gasteiger partial charge in [-0.25, -0.2) is 10.2 Å². The molecular weight excluding hydrogens is 400 g/mol. The highest BCUT2D eigenvalue weighted by Crippen LogP contribution is 2.32. The van der Waals surface area contributed by atoms with E-state index in [-0.39, 0.29) is 6.79 Å². The zero-order chi connectivity index (χ0) is 21.6. The van der Waals surface area contributed by atoms with Gasteiger partial charge in [-0.15, -0.1) is 0 Å². The van der Waals surface area contributed by atoms with Crippen LogP contribution in [0.2, 0.25) is 0 Å². The lowest BCUT2D eigenvalue weighted by Gasteiger charge is -2.06. The highest BCUT2D eigenvalue weighted by molar-refractivity contribution is 5.95. The monoisotopic (exact) mass is 418 g/mol. The van der Waals surface area contributed by atoms with Gasteiger partial charge in [0.15, 0.2) is 11.5 Å². The lowest BCUT2D eigenvalue weighted by molar-refractivity contribution is 0.0734. The van der Waals surface area contributed by atoms with Crippen LogP contribution in [-0.2, 0) is 0 Å². The number of hydrogen-bond acceptors (Lipinski definition) is 7. The van der Waals surface area contributed by atoms with Crippen LogP contribution in [0.5, 0.6) is 23.0 Å². The van der Waals surface area contributed by atoms with Gasteiger partial charge in [0.1, 0.15) is 11.5 Å². The van der Waals surface area contributed by atoms with Crippen LogP contribution in [0, 0.1) is 0 Å². The highest BCUT2D eigenvalue weighted by atomic mass is 16.7. The van der Waals surface area contributed by atoms with Crippen molar-refractivity contribution in [3.63, 3.8) is 0 Å². The molecule has 0 atom stereocenters. The van der Waals surface area contributed by atoms with Crippen molar-refractivity contribution < 1.29 is 28.5 Å². The van der Waals surface area contributed by atoms with Gasteiger partial charge in [0.05, 0.1) is 18.9 Å². The zero-order valence-electron chi connectivity index (χ0n) is 16.5. The third-order valence-corrected chi connectivity index (χ3v) is 4.41. The summed E-state index contributed by atoms with van der Waals surface area (Å²) in [7, 11) is 1.55. The minimum atomic E-state index is -0.493. The van der Waals surface area contributed by atoms with Crippen LogP contribution in [0.25, 0.3) is 0 Å². The molecule has 8 heteroatoms. The van der Waals surface area contributed by atoms with Gasteiger partial charge >= 0.3 is 5.97 Å². The lowest BCUT2D eigenvalue weighted by atomic mass is 10.2. The van der Waals surface area contributed by atoms with E-state index in [9.17, 15) is 9.59 Å². The fourth-order valence-corrected chi connectivity index (χ4v) is 2.82. The smallest absolute Gasteiger partial charge is 0.343 e. The fraction of sp³-hybridized carbons (Fsp3) is 0.0870. The van der Waals surface area contributed by atoms with Crippen molar-refractivity contribution in [2.75, 3.05) is 13.9 Å². The van der Waals surface area contributed by atoms with Gasteiger partial charge in [-0.1, -0.05) is 12.1 Å². The van der Waals surface area contributed by atoms with Crippen LogP contribution in [0.4, 0.5) is 0 Å². The highest BCUT2D eigenvalue weighted by Gasteiger charge is 2.16. The predicted molar refractivity (Wildman–Crippen MR) is 112 cm³/mol. The molecule has 1 amide bonds. The van der Waals surface area contributed by atoms with Crippen LogP contribution in [0.15, 0.2) is 71.8 Å². The van der Waals surface area contributed by atoms with Crippen molar-refractivity contribution in [2.45, 2.75) is 0 Å². The molecule has 1 aliphatic heterocycles. The van der Waals surface area contributed by atoms with Crippen molar-refractivity contribution in [3.05, 3.63) is 83.4 Å². The number of ether oxygens (including phenoxy) is 4. The number of benzene rings is 3. The molecule has 3 aromatic rings. The molecule has 31 heavy (non-hydrogen) atoms. The first-order chi connectivity index (χ1) is 15.1. The largest absolute Gasteiger partial charge is 0.497 e. The van der Waals surface area contributed by atoms with Crippen molar-refractivity contribution >= 4 is 18.1 Å². The Morgan fingerprint density at radius 2 is 1.71 bits per heavy atom. The molecule has 0 aromatic heterocycles. The SMILES string of the molecule is COc1ccc(C(=O)Oc2cccc(C=NNC(=O)c3ccc4c(c3)OCO4)c2)cc1. The average molecular weight is 418 g/mol. The molecule has 0 bridgehead atoms. The van der Waals surface area contributed by atoms with Gasteiger partial charge in [0, 0.05) is 5.56 Å². The van der Waals surface area contributed by atoms with Crippen molar-refractivity contribution in [2.24, 2.45) is 5.10 Å². The second kappa shape index (κ2) is 9.00. The Morgan fingerprint density at radius 3 is 2.52 bits per heavy atom. The number of fused-ring (bicyclic) bond motifs is 1. The molecule has 1 aliphatic rings. The summed E-state index contributed by atoms with van der Waals surface area (Å²) in [5, 5.41) is 3.96. The summed E-state index contributed by atoms with van der Waals surface area (Å²) in [5.41, 5.74) is 3.89. The molecule has 0 saturated heterocycles. The van der Waals surface area contributed by atoms with Gasteiger partial charge in [-0.05, 0) is 60.2 Å². The van der Waals surface area contributed by atoms with Gasteiger partial charge in [-0.3, -0.25) is 4.79 Å². The molecule has 156 valence electrons. The first kappa shape index (κ1) is 20.0. The summed E-state index contributed by atoms with van der Waals surface area (Å²) in [6.45, 7) is 0.137. The molecule has 1 N–H and O–H groups in total. The quantitative estimate of drug-likeness (QED) is 0.285. The second-order valence-electron chi connectivity index (χ2n) is 6.46. The van der Waals surface area contributed by atoms with Crippen LogP contribution >= 0.6 is 0 Å². The Kier molecular flexibility index (Phi) is 5.79. The average Bonchev–Trinajstić information content (AvgIpc) is 3.27. The summed E-state index contributed by atoms with van der Waals surface area (Å²) in [4.78, 5) is 24.5. The molecule has 0 spiro atoms. The number of methoxy groups -OCH3 is 1. The van der Waals surface area contributed by atoms with Crippen LogP contribution in [-0.4, -0.2) is 32.0 Å². The summed E-state index contributed by atoms with van der Waals surface area (Å²) >= 11 is 0. The third kappa shape index (κ3) is 4.81. The molecule has 1 heterocycles. The lowest BCUT2D eigenvalue weighted by Crippen LogP contribution is -2.17. The van der Waals surface area contributed by atoms with Crippen LogP contribution < -0.4 is 24.4 Å². The molecule has 8 nitrogen and oxygen atoms in total. The molecule has 0 saturated carbocycles. The van der Waals surface area contributed by atoms with Gasteiger partial charge < -0.3 is 18.9 Å². The predicted octanol–water partition coefficient (Wildman–Crippen LogP) is 3.41. The number of esters is 1. The number of hydrogen-bond donors (Lipinski definition) is 1. The summed E-state index contributed by atoms with van der Waals surface area (Å²) in [5.74, 6) is 1.23. The summed E-state index contributed by atoms with van der Waals surface area (Å²) < 4.78 is 21.0. The second-order valence-corrected chi connectivity index (χ2v) is 6.46. The number of nitrogens with zero attached hydrogens (tertiary/aromatic N) is 1. The third-order valence-electron chi connectivity index (χ3n) is 4.41. The maximum Gasteiger partial charge on any atom is 0.343 e. The summed E-state index contributed by atoms with van der Waals surface area (Å²) in [6.07, 6.45) is 1.45. The number of carbonyl (C=O) groups excluding carboxylic acids is 2. The van der Waals surface area contributed by atoms with Gasteiger partial charge in [0.25, 0.3) is 5.91 Å². The topological polar surface area (TPSA) is 95.5 Å². The number of amides is 1. The van der Waals surface area contributed by atoms with E-state index in [1.54, 1.807) is 73.8 Å². The Bertz CT molecular complexity index is 1140. The molecular formula is C23H18N2O6. The van der Waals surface area contributed by atoms with E-state index in [4.69, 9.17) is 18.9 Å². The van der Waals surface area contributed by atoms with Crippen LogP contribution in [0.1, 0.15) is 26.3 Å². The molecule has 3 aromatic carbocycles. The Hall–Kier alpha value is -4.33. The number of hydrazone groups is 1. The molecule has 0 unspecified atom stereocenters. The first-order valence-electron chi connectivity index (χ1n) is 9.32. The maximum absolute atomic E-state index is 12.3. The molecule has 0 aliphatic carbocycles. The Balaban J connectivity index is 1.37. The fourth-order valence-electron chi connectivity index (χ4n) is 2.82.